The Morgan fingerprint density at radius 3 is 2.75 bits per heavy atom. The van der Waals surface area contributed by atoms with Gasteiger partial charge in [0.25, 0.3) is 5.91 Å². The predicted molar refractivity (Wildman–Crippen MR) is 92.7 cm³/mol. The van der Waals surface area contributed by atoms with E-state index in [1.54, 1.807) is 0 Å². The maximum Gasteiger partial charge on any atom is 0.265 e. The Hall–Kier alpha value is -2.53. The molecule has 2 aliphatic heterocycles. The Morgan fingerprint density at radius 2 is 1.92 bits per heavy atom. The summed E-state index contributed by atoms with van der Waals surface area (Å²) >= 11 is 0. The molecule has 2 aromatic carbocycles. The fourth-order valence-electron chi connectivity index (χ4n) is 3.15. The highest BCUT2D eigenvalue weighted by atomic mass is 16.5. The molecule has 24 heavy (non-hydrogen) atoms. The molecule has 0 saturated carbocycles. The minimum atomic E-state index is -0.463. The normalized spacial score (nSPS) is 19.5. The minimum absolute atomic E-state index is 0.106. The van der Waals surface area contributed by atoms with Gasteiger partial charge in [-0.15, -0.1) is 0 Å². The van der Waals surface area contributed by atoms with Gasteiger partial charge in [-0.05, 0) is 29.8 Å². The van der Waals surface area contributed by atoms with E-state index in [1.807, 2.05) is 42.5 Å². The van der Waals surface area contributed by atoms with Crippen molar-refractivity contribution < 1.29 is 14.3 Å². The number of carbonyl (C=O) groups is 1. The molecule has 4 rings (SSSR count). The zero-order valence-corrected chi connectivity index (χ0v) is 13.4. The zero-order valence-electron chi connectivity index (χ0n) is 13.4. The molecule has 5 heteroatoms. The van der Waals surface area contributed by atoms with Crippen molar-refractivity contribution in [3.8, 4) is 5.75 Å². The first-order chi connectivity index (χ1) is 11.8. The van der Waals surface area contributed by atoms with Crippen molar-refractivity contribution in [3.05, 3.63) is 54.1 Å². The van der Waals surface area contributed by atoms with Crippen LogP contribution >= 0.6 is 0 Å². The zero-order chi connectivity index (χ0) is 16.4. The molecule has 2 heterocycles. The van der Waals surface area contributed by atoms with E-state index in [0.717, 1.165) is 49.0 Å². The molecule has 1 saturated heterocycles. The van der Waals surface area contributed by atoms with Gasteiger partial charge in [-0.2, -0.15) is 0 Å². The summed E-state index contributed by atoms with van der Waals surface area (Å²) in [5.41, 5.74) is 2.98. The van der Waals surface area contributed by atoms with E-state index in [-0.39, 0.29) is 5.91 Å². The number of amides is 1. The van der Waals surface area contributed by atoms with Gasteiger partial charge >= 0.3 is 0 Å². The molecule has 124 valence electrons. The van der Waals surface area contributed by atoms with Gasteiger partial charge in [0.1, 0.15) is 5.75 Å². The van der Waals surface area contributed by atoms with Crippen molar-refractivity contribution in [3.63, 3.8) is 0 Å². The number of rotatable bonds is 3. The second-order valence-electron chi connectivity index (χ2n) is 6.06. The number of para-hydroxylation sites is 1. The Morgan fingerprint density at radius 1 is 1.08 bits per heavy atom. The Kier molecular flexibility index (Phi) is 4.09. The lowest BCUT2D eigenvalue weighted by atomic mass is 10.1. The minimum Gasteiger partial charge on any atom is -0.480 e. The number of benzene rings is 2. The molecule has 1 atom stereocenters. The highest BCUT2D eigenvalue weighted by Crippen LogP contribution is 2.29. The number of fused-ring (bicyclic) bond motifs is 1. The van der Waals surface area contributed by atoms with Crippen molar-refractivity contribution in [2.24, 2.45) is 0 Å². The van der Waals surface area contributed by atoms with Crippen LogP contribution in [0.4, 0.5) is 11.4 Å². The number of nitrogens with zero attached hydrogens (tertiary/aromatic N) is 1. The van der Waals surface area contributed by atoms with E-state index in [1.165, 1.54) is 0 Å². The Balaban J connectivity index is 1.43. The van der Waals surface area contributed by atoms with Crippen LogP contribution in [-0.2, 0) is 16.0 Å². The van der Waals surface area contributed by atoms with Crippen LogP contribution in [0.2, 0.25) is 0 Å². The van der Waals surface area contributed by atoms with Crippen molar-refractivity contribution in [1.29, 1.82) is 0 Å². The quantitative estimate of drug-likeness (QED) is 0.942. The molecule has 0 unspecified atom stereocenters. The van der Waals surface area contributed by atoms with Crippen LogP contribution < -0.4 is 15.0 Å². The smallest absolute Gasteiger partial charge is 0.265 e. The Labute approximate surface area is 141 Å². The fraction of sp³-hybridized carbons (Fsp3) is 0.316. The molecule has 1 fully saturated rings. The number of hydrogen-bond donors (Lipinski definition) is 1. The third-order valence-electron chi connectivity index (χ3n) is 4.43. The molecule has 0 aliphatic carbocycles. The summed E-state index contributed by atoms with van der Waals surface area (Å²) in [6.07, 6.45) is 0.153. The van der Waals surface area contributed by atoms with E-state index in [4.69, 9.17) is 9.47 Å². The highest BCUT2D eigenvalue weighted by molar-refractivity contribution is 5.95. The molecule has 0 aromatic heterocycles. The molecule has 5 nitrogen and oxygen atoms in total. The fourth-order valence-corrected chi connectivity index (χ4v) is 3.15. The Bertz CT molecular complexity index is 716. The van der Waals surface area contributed by atoms with Gasteiger partial charge in [0.05, 0.1) is 13.2 Å². The van der Waals surface area contributed by atoms with E-state index in [0.29, 0.717) is 6.42 Å². The number of hydrogen-bond acceptors (Lipinski definition) is 4. The van der Waals surface area contributed by atoms with Crippen LogP contribution in [0.3, 0.4) is 0 Å². The molecule has 0 bridgehead atoms. The second-order valence-corrected chi connectivity index (χ2v) is 6.06. The lowest BCUT2D eigenvalue weighted by molar-refractivity contribution is -0.122. The summed E-state index contributed by atoms with van der Waals surface area (Å²) in [5.74, 6) is 0.699. The van der Waals surface area contributed by atoms with Crippen LogP contribution in [0.1, 0.15) is 5.56 Å². The van der Waals surface area contributed by atoms with E-state index < -0.39 is 6.10 Å². The van der Waals surface area contributed by atoms with Gasteiger partial charge in [0, 0.05) is 30.9 Å². The monoisotopic (exact) mass is 324 g/mol. The van der Waals surface area contributed by atoms with Crippen LogP contribution in [0.25, 0.3) is 0 Å². The third kappa shape index (κ3) is 3.08. The molecule has 0 radical (unpaired) electrons. The largest absolute Gasteiger partial charge is 0.480 e. The molecule has 1 N–H and O–H groups in total. The molecule has 0 spiro atoms. The average Bonchev–Trinajstić information content (AvgIpc) is 3.07. The van der Waals surface area contributed by atoms with E-state index >= 15 is 0 Å². The second kappa shape index (κ2) is 6.53. The van der Waals surface area contributed by atoms with Crippen molar-refractivity contribution in [2.45, 2.75) is 12.5 Å². The summed E-state index contributed by atoms with van der Waals surface area (Å²) in [4.78, 5) is 14.8. The van der Waals surface area contributed by atoms with Crippen LogP contribution in [0.5, 0.6) is 5.75 Å². The van der Waals surface area contributed by atoms with Crippen molar-refractivity contribution >= 4 is 17.3 Å². The maximum atomic E-state index is 12.5. The lowest BCUT2D eigenvalue weighted by Crippen LogP contribution is -2.36. The van der Waals surface area contributed by atoms with Crippen molar-refractivity contribution in [2.75, 3.05) is 36.5 Å². The molecule has 2 aromatic rings. The average molecular weight is 324 g/mol. The number of carbonyl (C=O) groups excluding carboxylic acids is 1. The summed E-state index contributed by atoms with van der Waals surface area (Å²) in [6.45, 7) is 3.23. The van der Waals surface area contributed by atoms with Gasteiger partial charge in [0.15, 0.2) is 6.10 Å². The topological polar surface area (TPSA) is 50.8 Å². The molecular weight excluding hydrogens is 304 g/mol. The number of ether oxygens (including phenoxy) is 2. The first-order valence-electron chi connectivity index (χ1n) is 8.28. The van der Waals surface area contributed by atoms with Gasteiger partial charge in [-0.1, -0.05) is 24.3 Å². The summed E-state index contributed by atoms with van der Waals surface area (Å²) < 4.78 is 11.1. The van der Waals surface area contributed by atoms with Gasteiger partial charge in [0.2, 0.25) is 0 Å². The molecule has 2 aliphatic rings. The van der Waals surface area contributed by atoms with Gasteiger partial charge in [-0.25, -0.2) is 0 Å². The summed E-state index contributed by atoms with van der Waals surface area (Å²) in [7, 11) is 0. The maximum absolute atomic E-state index is 12.5. The number of morpholine rings is 1. The SMILES string of the molecule is O=C(Nc1cccc(N2CCOCC2)c1)[C@@H]1Cc2ccccc2O1. The first kappa shape index (κ1) is 15.0. The lowest BCUT2D eigenvalue weighted by Gasteiger charge is -2.29. The number of anilines is 2. The van der Waals surface area contributed by atoms with Gasteiger partial charge < -0.3 is 19.7 Å². The first-order valence-corrected chi connectivity index (χ1v) is 8.28. The third-order valence-corrected chi connectivity index (χ3v) is 4.43. The van der Waals surface area contributed by atoms with Crippen LogP contribution in [-0.4, -0.2) is 38.3 Å². The van der Waals surface area contributed by atoms with Crippen LogP contribution in [0, 0.1) is 0 Å². The predicted octanol–water partition coefficient (Wildman–Crippen LogP) is 2.47. The van der Waals surface area contributed by atoms with Crippen molar-refractivity contribution in [1.82, 2.24) is 0 Å². The standard InChI is InChI=1S/C19H20N2O3/c22-19(18-12-14-4-1-2-7-17(14)24-18)20-15-5-3-6-16(13-15)21-8-10-23-11-9-21/h1-7,13,18H,8-12H2,(H,20,22)/t18-/m0/s1. The summed E-state index contributed by atoms with van der Waals surface area (Å²) in [5, 5.41) is 2.98. The molecule has 1 amide bonds. The highest BCUT2D eigenvalue weighted by Gasteiger charge is 2.28. The van der Waals surface area contributed by atoms with E-state index in [2.05, 4.69) is 16.3 Å². The van der Waals surface area contributed by atoms with E-state index in [9.17, 15) is 4.79 Å². The van der Waals surface area contributed by atoms with Crippen LogP contribution in [0.15, 0.2) is 48.5 Å². The number of nitrogens with one attached hydrogen (secondary N) is 1. The van der Waals surface area contributed by atoms with Gasteiger partial charge in [-0.3, -0.25) is 4.79 Å². The summed E-state index contributed by atoms with van der Waals surface area (Å²) in [6, 6.07) is 15.7. The molecular formula is C19H20N2O3.